The van der Waals surface area contributed by atoms with E-state index < -0.39 is 0 Å². The Labute approximate surface area is 122 Å². The highest BCUT2D eigenvalue weighted by molar-refractivity contribution is 5.46. The number of hydrogen-bond acceptors (Lipinski definition) is 5. The van der Waals surface area contributed by atoms with E-state index in [1.807, 2.05) is 12.1 Å². The maximum Gasteiger partial charge on any atom is 0.200 e. The molecule has 1 aromatic carbocycles. The third-order valence-corrected chi connectivity index (χ3v) is 4.11. The Morgan fingerprint density at radius 2 is 2.00 bits per heavy atom. The van der Waals surface area contributed by atoms with E-state index in [-0.39, 0.29) is 0 Å². The van der Waals surface area contributed by atoms with Crippen LogP contribution in [0.2, 0.25) is 0 Å². The molecule has 0 bridgehead atoms. The van der Waals surface area contributed by atoms with Gasteiger partial charge in [-0.25, -0.2) is 0 Å². The predicted molar refractivity (Wildman–Crippen MR) is 79.2 cm³/mol. The topological polar surface area (TPSA) is 59.2 Å². The molecule has 1 saturated heterocycles. The maximum atomic E-state index is 4.42. The standard InChI is InChI=1S/C15H16N6/c1-11-4-2-3-5-13(11)8-12-9-20(10-12)15-7-6-14-16-18-19-21(14)17-15/h2-7,12H,8-10H2,1H3. The third kappa shape index (κ3) is 2.22. The molecule has 3 aromatic rings. The average molecular weight is 280 g/mol. The van der Waals surface area contributed by atoms with E-state index in [9.17, 15) is 0 Å². The molecular weight excluding hydrogens is 264 g/mol. The monoisotopic (exact) mass is 280 g/mol. The van der Waals surface area contributed by atoms with Crippen molar-refractivity contribution in [2.75, 3.05) is 18.0 Å². The number of rotatable bonds is 3. The molecule has 6 heteroatoms. The van der Waals surface area contributed by atoms with Crippen molar-refractivity contribution in [3.05, 3.63) is 47.5 Å². The number of tetrazole rings is 1. The van der Waals surface area contributed by atoms with Crippen molar-refractivity contribution in [1.82, 2.24) is 25.3 Å². The molecule has 3 heterocycles. The molecule has 0 saturated carbocycles. The molecular formula is C15H16N6. The lowest BCUT2D eigenvalue weighted by molar-refractivity contribution is 0.402. The van der Waals surface area contributed by atoms with Crippen LogP contribution in [0.1, 0.15) is 11.1 Å². The second-order valence-corrected chi connectivity index (χ2v) is 5.62. The van der Waals surface area contributed by atoms with Crippen molar-refractivity contribution in [1.29, 1.82) is 0 Å². The normalized spacial score (nSPS) is 15.4. The van der Waals surface area contributed by atoms with Crippen LogP contribution in [0.5, 0.6) is 0 Å². The Balaban J connectivity index is 1.43. The van der Waals surface area contributed by atoms with Crippen molar-refractivity contribution in [3.8, 4) is 0 Å². The first-order chi connectivity index (χ1) is 10.3. The molecule has 0 aliphatic carbocycles. The molecule has 0 atom stereocenters. The second kappa shape index (κ2) is 4.80. The maximum absolute atomic E-state index is 4.42. The van der Waals surface area contributed by atoms with E-state index in [4.69, 9.17) is 0 Å². The van der Waals surface area contributed by atoms with Crippen LogP contribution in [0, 0.1) is 12.8 Å². The van der Waals surface area contributed by atoms with Gasteiger partial charge >= 0.3 is 0 Å². The molecule has 0 amide bonds. The molecule has 0 N–H and O–H groups in total. The number of benzene rings is 1. The van der Waals surface area contributed by atoms with Gasteiger partial charge in [0.25, 0.3) is 0 Å². The van der Waals surface area contributed by atoms with Crippen LogP contribution < -0.4 is 4.90 Å². The quantitative estimate of drug-likeness (QED) is 0.728. The number of nitrogens with zero attached hydrogens (tertiary/aromatic N) is 6. The summed E-state index contributed by atoms with van der Waals surface area (Å²) in [6.07, 6.45) is 1.14. The molecule has 1 fully saturated rings. The zero-order valence-corrected chi connectivity index (χ0v) is 11.8. The Hall–Kier alpha value is -2.50. The lowest BCUT2D eigenvalue weighted by Crippen LogP contribution is -2.48. The van der Waals surface area contributed by atoms with Crippen LogP contribution in [0.3, 0.4) is 0 Å². The van der Waals surface area contributed by atoms with Crippen molar-refractivity contribution in [3.63, 3.8) is 0 Å². The summed E-state index contributed by atoms with van der Waals surface area (Å²) in [5, 5.41) is 15.7. The van der Waals surface area contributed by atoms with E-state index in [1.165, 1.54) is 15.8 Å². The Bertz CT molecular complexity index is 774. The van der Waals surface area contributed by atoms with E-state index in [1.54, 1.807) is 0 Å². The summed E-state index contributed by atoms with van der Waals surface area (Å²) >= 11 is 0. The highest BCUT2D eigenvalue weighted by Gasteiger charge is 2.28. The zero-order valence-electron chi connectivity index (χ0n) is 11.8. The SMILES string of the molecule is Cc1ccccc1CC1CN(c2ccc3nnnn3n2)C1. The molecule has 0 unspecified atom stereocenters. The smallest absolute Gasteiger partial charge is 0.200 e. The third-order valence-electron chi connectivity index (χ3n) is 4.11. The van der Waals surface area contributed by atoms with Gasteiger partial charge in [0.05, 0.1) is 0 Å². The zero-order chi connectivity index (χ0) is 14.2. The van der Waals surface area contributed by atoms with Crippen LogP contribution in [-0.4, -0.2) is 38.3 Å². The molecule has 0 spiro atoms. The van der Waals surface area contributed by atoms with Crippen molar-refractivity contribution >= 4 is 11.5 Å². The fourth-order valence-electron chi connectivity index (χ4n) is 2.85. The van der Waals surface area contributed by atoms with Gasteiger partial charge in [0.1, 0.15) is 0 Å². The molecule has 1 aliphatic heterocycles. The van der Waals surface area contributed by atoms with Crippen LogP contribution >= 0.6 is 0 Å². The predicted octanol–water partition coefficient (Wildman–Crippen LogP) is 1.51. The second-order valence-electron chi connectivity index (χ2n) is 5.62. The first-order valence-corrected chi connectivity index (χ1v) is 7.14. The van der Waals surface area contributed by atoms with Gasteiger partial charge in [-0.3, -0.25) is 0 Å². The molecule has 2 aromatic heterocycles. The van der Waals surface area contributed by atoms with E-state index in [0.717, 1.165) is 25.3 Å². The lowest BCUT2D eigenvalue weighted by Gasteiger charge is -2.40. The van der Waals surface area contributed by atoms with E-state index >= 15 is 0 Å². The largest absolute Gasteiger partial charge is 0.354 e. The summed E-state index contributed by atoms with van der Waals surface area (Å²) < 4.78 is 1.48. The van der Waals surface area contributed by atoms with Gasteiger partial charge in [-0.1, -0.05) is 24.3 Å². The fraction of sp³-hybridized carbons (Fsp3) is 0.333. The molecule has 21 heavy (non-hydrogen) atoms. The lowest BCUT2D eigenvalue weighted by atomic mass is 9.90. The minimum absolute atomic E-state index is 0.677. The minimum atomic E-state index is 0.677. The molecule has 106 valence electrons. The summed E-state index contributed by atoms with van der Waals surface area (Å²) in [7, 11) is 0. The van der Waals surface area contributed by atoms with Crippen molar-refractivity contribution < 1.29 is 0 Å². The Kier molecular flexibility index (Phi) is 2.80. The highest BCUT2D eigenvalue weighted by Crippen LogP contribution is 2.26. The van der Waals surface area contributed by atoms with Crippen LogP contribution in [-0.2, 0) is 6.42 Å². The first kappa shape index (κ1) is 12.3. The molecule has 1 aliphatic rings. The summed E-state index contributed by atoms with van der Waals surface area (Å²) in [5.74, 6) is 1.63. The first-order valence-electron chi connectivity index (χ1n) is 7.14. The number of anilines is 1. The number of fused-ring (bicyclic) bond motifs is 1. The Morgan fingerprint density at radius 3 is 2.86 bits per heavy atom. The van der Waals surface area contributed by atoms with E-state index in [0.29, 0.717) is 11.6 Å². The van der Waals surface area contributed by atoms with Gasteiger partial charge in [0, 0.05) is 13.1 Å². The van der Waals surface area contributed by atoms with Crippen molar-refractivity contribution in [2.45, 2.75) is 13.3 Å². The van der Waals surface area contributed by atoms with Crippen molar-refractivity contribution in [2.24, 2.45) is 5.92 Å². The summed E-state index contributed by atoms with van der Waals surface area (Å²) in [4.78, 5) is 2.27. The van der Waals surface area contributed by atoms with Crippen LogP contribution in [0.4, 0.5) is 5.82 Å². The summed E-state index contributed by atoms with van der Waals surface area (Å²) in [6, 6.07) is 12.5. The number of aryl methyl sites for hydroxylation is 1. The average Bonchev–Trinajstić information content (AvgIpc) is 2.91. The fourth-order valence-corrected chi connectivity index (χ4v) is 2.85. The number of aromatic nitrogens is 5. The minimum Gasteiger partial charge on any atom is -0.354 e. The molecule has 0 radical (unpaired) electrons. The summed E-state index contributed by atoms with van der Waals surface area (Å²) in [6.45, 7) is 4.25. The Morgan fingerprint density at radius 1 is 1.14 bits per heavy atom. The highest BCUT2D eigenvalue weighted by atomic mass is 15.6. The van der Waals surface area contributed by atoms with Gasteiger partial charge < -0.3 is 4.90 Å². The molecule has 4 rings (SSSR count). The van der Waals surface area contributed by atoms with Gasteiger partial charge in [-0.2, -0.15) is 0 Å². The van der Waals surface area contributed by atoms with Crippen LogP contribution in [0.15, 0.2) is 36.4 Å². The van der Waals surface area contributed by atoms with Crippen LogP contribution in [0.25, 0.3) is 5.65 Å². The number of hydrogen-bond donors (Lipinski definition) is 0. The van der Waals surface area contributed by atoms with Gasteiger partial charge in [-0.05, 0) is 52.9 Å². The van der Waals surface area contributed by atoms with E-state index in [2.05, 4.69) is 56.7 Å². The molecule has 6 nitrogen and oxygen atoms in total. The van der Waals surface area contributed by atoms with Gasteiger partial charge in [0.2, 0.25) is 0 Å². The summed E-state index contributed by atoms with van der Waals surface area (Å²) in [5.41, 5.74) is 3.51. The van der Waals surface area contributed by atoms with Gasteiger partial charge in [-0.15, -0.1) is 14.8 Å². The van der Waals surface area contributed by atoms with Gasteiger partial charge in [0.15, 0.2) is 11.5 Å².